The molecule has 2 N–H and O–H groups in total. The van der Waals surface area contributed by atoms with Gasteiger partial charge in [0.05, 0.1) is 11.7 Å². The zero-order chi connectivity index (χ0) is 16.3. The second-order valence-electron chi connectivity index (χ2n) is 5.92. The first-order valence-electron chi connectivity index (χ1n) is 7.41. The van der Waals surface area contributed by atoms with E-state index in [1.807, 2.05) is 0 Å². The largest absolute Gasteiger partial charge is 0.416 e. The van der Waals surface area contributed by atoms with E-state index < -0.39 is 17.6 Å². The summed E-state index contributed by atoms with van der Waals surface area (Å²) in [5.41, 5.74) is -0.267. The average Bonchev–Trinajstić information content (AvgIpc) is 2.44. The third-order valence-corrected chi connectivity index (χ3v) is 4.12. The Morgan fingerprint density at radius 1 is 1.36 bits per heavy atom. The molecule has 0 saturated heterocycles. The standard InChI is InChI=1S/C16H20F3NO2/c1-10-5-6-12(16(17,18)19)8-14(10)15(22)20-9-11-3-2-4-13(21)7-11/h5-6,8,11,13,21H,2-4,7,9H2,1H3,(H,20,22)/t11-,13-/m1/s1. The van der Waals surface area contributed by atoms with Gasteiger partial charge in [0.1, 0.15) is 0 Å². The molecule has 0 bridgehead atoms. The SMILES string of the molecule is Cc1ccc(C(F)(F)F)cc1C(=O)NC[C@@H]1CCC[C@@H](O)C1. The molecule has 2 rings (SSSR count). The number of rotatable bonds is 3. The Bertz CT molecular complexity index is 543. The number of hydrogen-bond donors (Lipinski definition) is 2. The Balaban J connectivity index is 2.03. The topological polar surface area (TPSA) is 49.3 Å². The van der Waals surface area contributed by atoms with Gasteiger partial charge in [-0.3, -0.25) is 4.79 Å². The van der Waals surface area contributed by atoms with Crippen LogP contribution in [0.25, 0.3) is 0 Å². The molecule has 0 aliphatic heterocycles. The molecule has 1 saturated carbocycles. The lowest BCUT2D eigenvalue weighted by Gasteiger charge is -2.26. The number of alkyl halides is 3. The van der Waals surface area contributed by atoms with Crippen molar-refractivity contribution >= 4 is 5.91 Å². The van der Waals surface area contributed by atoms with Gasteiger partial charge >= 0.3 is 6.18 Å². The number of hydrogen-bond acceptors (Lipinski definition) is 2. The third kappa shape index (κ3) is 4.22. The van der Waals surface area contributed by atoms with Crippen molar-refractivity contribution in [2.75, 3.05) is 6.54 Å². The molecule has 0 heterocycles. The van der Waals surface area contributed by atoms with Gasteiger partial charge in [0, 0.05) is 12.1 Å². The first kappa shape index (κ1) is 16.8. The number of carbonyl (C=O) groups is 1. The Hall–Kier alpha value is -1.56. The summed E-state index contributed by atoms with van der Waals surface area (Å²) in [7, 11) is 0. The molecule has 0 spiro atoms. The maximum atomic E-state index is 12.7. The lowest BCUT2D eigenvalue weighted by Crippen LogP contribution is -2.33. The molecule has 122 valence electrons. The van der Waals surface area contributed by atoms with Crippen LogP contribution in [0.15, 0.2) is 18.2 Å². The minimum Gasteiger partial charge on any atom is -0.393 e. The molecular weight excluding hydrogens is 295 g/mol. The summed E-state index contributed by atoms with van der Waals surface area (Å²) in [6.45, 7) is 1.99. The molecule has 1 fully saturated rings. The number of benzene rings is 1. The normalized spacial score (nSPS) is 22.4. The zero-order valence-corrected chi connectivity index (χ0v) is 12.4. The maximum Gasteiger partial charge on any atom is 0.416 e. The van der Waals surface area contributed by atoms with E-state index in [0.717, 1.165) is 31.4 Å². The van der Waals surface area contributed by atoms with Crippen LogP contribution in [0.1, 0.15) is 47.2 Å². The smallest absolute Gasteiger partial charge is 0.393 e. The van der Waals surface area contributed by atoms with E-state index in [2.05, 4.69) is 5.32 Å². The van der Waals surface area contributed by atoms with Crippen molar-refractivity contribution in [2.24, 2.45) is 5.92 Å². The van der Waals surface area contributed by atoms with Crippen LogP contribution in [0.3, 0.4) is 0 Å². The Morgan fingerprint density at radius 3 is 2.73 bits per heavy atom. The Kier molecular flexibility index (Phi) is 5.11. The van der Waals surface area contributed by atoms with Gasteiger partial charge in [0.15, 0.2) is 0 Å². The van der Waals surface area contributed by atoms with Gasteiger partial charge in [-0.25, -0.2) is 0 Å². The molecule has 0 unspecified atom stereocenters. The number of halogens is 3. The van der Waals surface area contributed by atoms with Crippen molar-refractivity contribution in [3.05, 3.63) is 34.9 Å². The molecule has 1 amide bonds. The van der Waals surface area contributed by atoms with E-state index in [1.54, 1.807) is 6.92 Å². The van der Waals surface area contributed by atoms with Gasteiger partial charge in [-0.15, -0.1) is 0 Å². The van der Waals surface area contributed by atoms with Gasteiger partial charge in [0.2, 0.25) is 0 Å². The lowest BCUT2D eigenvalue weighted by atomic mass is 9.87. The van der Waals surface area contributed by atoms with Gasteiger partial charge in [-0.05, 0) is 49.8 Å². The second-order valence-corrected chi connectivity index (χ2v) is 5.92. The summed E-state index contributed by atoms with van der Waals surface area (Å²) >= 11 is 0. The van der Waals surface area contributed by atoms with Crippen molar-refractivity contribution in [2.45, 2.75) is 44.9 Å². The zero-order valence-electron chi connectivity index (χ0n) is 12.4. The fourth-order valence-corrected chi connectivity index (χ4v) is 2.82. The molecule has 3 nitrogen and oxygen atoms in total. The van der Waals surface area contributed by atoms with Crippen LogP contribution >= 0.6 is 0 Å². The monoisotopic (exact) mass is 315 g/mol. The predicted octanol–water partition coefficient (Wildman–Crippen LogP) is 3.29. The Labute approximate surface area is 127 Å². The van der Waals surface area contributed by atoms with Crippen molar-refractivity contribution in [3.63, 3.8) is 0 Å². The van der Waals surface area contributed by atoms with E-state index in [0.29, 0.717) is 18.5 Å². The molecule has 1 aliphatic carbocycles. The summed E-state index contributed by atoms with van der Waals surface area (Å²) < 4.78 is 38.2. The van der Waals surface area contributed by atoms with Crippen molar-refractivity contribution in [1.82, 2.24) is 5.32 Å². The summed E-state index contributed by atoms with van der Waals surface area (Å²) in [6, 6.07) is 3.17. The van der Waals surface area contributed by atoms with Crippen LogP contribution in [-0.4, -0.2) is 23.7 Å². The fraction of sp³-hybridized carbons (Fsp3) is 0.562. The fourth-order valence-electron chi connectivity index (χ4n) is 2.82. The highest BCUT2D eigenvalue weighted by Crippen LogP contribution is 2.30. The molecule has 1 aromatic rings. The molecule has 0 radical (unpaired) electrons. The first-order chi connectivity index (χ1) is 10.3. The quantitative estimate of drug-likeness (QED) is 0.899. The lowest BCUT2D eigenvalue weighted by molar-refractivity contribution is -0.137. The van der Waals surface area contributed by atoms with Gasteiger partial charge < -0.3 is 10.4 Å². The van der Waals surface area contributed by atoms with Gasteiger partial charge in [0.25, 0.3) is 5.91 Å². The summed E-state index contributed by atoms with van der Waals surface area (Å²) in [6.07, 6.45) is -1.58. The van der Waals surface area contributed by atoms with Gasteiger partial charge in [-0.1, -0.05) is 12.5 Å². The van der Waals surface area contributed by atoms with Crippen LogP contribution in [0, 0.1) is 12.8 Å². The minimum atomic E-state index is -4.46. The van der Waals surface area contributed by atoms with Crippen molar-refractivity contribution in [1.29, 1.82) is 0 Å². The van der Waals surface area contributed by atoms with Crippen LogP contribution in [0.4, 0.5) is 13.2 Å². The van der Waals surface area contributed by atoms with Crippen LogP contribution in [0.2, 0.25) is 0 Å². The number of amides is 1. The average molecular weight is 315 g/mol. The first-order valence-corrected chi connectivity index (χ1v) is 7.41. The molecule has 6 heteroatoms. The van der Waals surface area contributed by atoms with E-state index in [9.17, 15) is 23.1 Å². The highest BCUT2D eigenvalue weighted by atomic mass is 19.4. The molecule has 1 aromatic carbocycles. The summed E-state index contributed by atoms with van der Waals surface area (Å²) in [5.74, 6) is -0.317. The molecule has 2 atom stereocenters. The predicted molar refractivity (Wildman–Crippen MR) is 76.5 cm³/mol. The van der Waals surface area contributed by atoms with Crippen LogP contribution < -0.4 is 5.32 Å². The molecule has 1 aliphatic rings. The number of carbonyl (C=O) groups excluding carboxylic acids is 1. The summed E-state index contributed by atoms with van der Waals surface area (Å²) in [5, 5.41) is 12.3. The van der Waals surface area contributed by atoms with Crippen LogP contribution in [0.5, 0.6) is 0 Å². The number of aliphatic hydroxyl groups excluding tert-OH is 1. The molecule has 0 aromatic heterocycles. The number of aliphatic hydroxyl groups is 1. The van der Waals surface area contributed by atoms with Crippen molar-refractivity contribution < 1.29 is 23.1 Å². The Morgan fingerprint density at radius 2 is 2.09 bits per heavy atom. The summed E-state index contributed by atoms with van der Waals surface area (Å²) in [4.78, 5) is 12.1. The minimum absolute atomic E-state index is 0.0474. The maximum absolute atomic E-state index is 12.7. The van der Waals surface area contributed by atoms with E-state index in [4.69, 9.17) is 0 Å². The van der Waals surface area contributed by atoms with E-state index in [1.165, 1.54) is 6.07 Å². The van der Waals surface area contributed by atoms with Crippen LogP contribution in [-0.2, 0) is 6.18 Å². The highest BCUT2D eigenvalue weighted by Gasteiger charge is 2.31. The molecule has 22 heavy (non-hydrogen) atoms. The molecular formula is C16H20F3NO2. The third-order valence-electron chi connectivity index (χ3n) is 4.12. The second kappa shape index (κ2) is 6.69. The number of aryl methyl sites for hydroxylation is 1. The van der Waals surface area contributed by atoms with Gasteiger partial charge in [-0.2, -0.15) is 13.2 Å². The van der Waals surface area contributed by atoms with E-state index in [-0.39, 0.29) is 17.6 Å². The number of nitrogens with one attached hydrogen (secondary N) is 1. The van der Waals surface area contributed by atoms with E-state index >= 15 is 0 Å². The highest BCUT2D eigenvalue weighted by molar-refractivity contribution is 5.95. The van der Waals surface area contributed by atoms with Crippen molar-refractivity contribution in [3.8, 4) is 0 Å².